The quantitative estimate of drug-likeness (QED) is 0.142. The standard InChI is InChI=1S/C25H35N7O4/c1-26-8-7-9-27-23-21-19(25(34)31-24(21)30-16-29-23)14-28-18-12-17(15-32(2)10-5-6-11-33)22(36-4)20(13-18)35-3/h11-14,16,26,34H,5-10,15H2,1-4H3,(H2,27,29,30,31). The minimum Gasteiger partial charge on any atom is -0.494 e. The second-order valence-corrected chi connectivity index (χ2v) is 8.36. The Hall–Kier alpha value is -3.70. The van der Waals surface area contributed by atoms with E-state index in [1.807, 2.05) is 20.2 Å². The molecule has 194 valence electrons. The largest absolute Gasteiger partial charge is 0.494 e. The molecule has 0 amide bonds. The number of nitrogens with zero attached hydrogens (tertiary/aromatic N) is 4. The smallest absolute Gasteiger partial charge is 0.199 e. The lowest BCUT2D eigenvalue weighted by Crippen LogP contribution is -2.19. The predicted molar refractivity (Wildman–Crippen MR) is 141 cm³/mol. The molecule has 0 fully saturated rings. The van der Waals surface area contributed by atoms with Crippen LogP contribution in [0.1, 0.15) is 30.4 Å². The zero-order chi connectivity index (χ0) is 25.9. The SMILES string of the molecule is CNCCCNc1ncnc2[nH]c(O)c(C=Nc3cc(CN(C)CCCC=O)c(OC)c(OC)c3)c12. The first-order valence-corrected chi connectivity index (χ1v) is 11.9. The fraction of sp³-hybridized carbons (Fsp3) is 0.440. The number of hydrogen-bond donors (Lipinski definition) is 4. The van der Waals surface area contributed by atoms with Crippen molar-refractivity contribution < 1.29 is 19.4 Å². The average molecular weight is 498 g/mol. The minimum absolute atomic E-state index is 0.0388. The van der Waals surface area contributed by atoms with Gasteiger partial charge in [0, 0.05) is 37.4 Å². The molecule has 0 unspecified atom stereocenters. The van der Waals surface area contributed by atoms with Crippen LogP contribution in [0.25, 0.3) is 11.0 Å². The maximum absolute atomic E-state index is 10.6. The van der Waals surface area contributed by atoms with E-state index in [0.29, 0.717) is 52.6 Å². The highest BCUT2D eigenvalue weighted by Gasteiger charge is 2.17. The van der Waals surface area contributed by atoms with Crippen LogP contribution in [0.15, 0.2) is 23.5 Å². The number of anilines is 1. The first-order chi connectivity index (χ1) is 17.5. The number of aromatic amines is 1. The van der Waals surface area contributed by atoms with Crippen LogP contribution in [0.5, 0.6) is 17.4 Å². The molecule has 0 bridgehead atoms. The molecule has 0 spiro atoms. The molecule has 0 aliphatic heterocycles. The normalized spacial score (nSPS) is 11.5. The third kappa shape index (κ3) is 6.70. The van der Waals surface area contributed by atoms with Gasteiger partial charge in [0.1, 0.15) is 24.1 Å². The lowest BCUT2D eigenvalue weighted by molar-refractivity contribution is -0.108. The monoisotopic (exact) mass is 497 g/mol. The number of benzene rings is 1. The summed E-state index contributed by atoms with van der Waals surface area (Å²) in [7, 11) is 7.08. The Morgan fingerprint density at radius 3 is 2.75 bits per heavy atom. The number of fused-ring (bicyclic) bond motifs is 1. The molecule has 0 aliphatic rings. The Morgan fingerprint density at radius 1 is 1.19 bits per heavy atom. The molecule has 0 aliphatic carbocycles. The lowest BCUT2D eigenvalue weighted by atomic mass is 10.1. The number of methoxy groups -OCH3 is 2. The highest BCUT2D eigenvalue weighted by atomic mass is 16.5. The fourth-order valence-corrected chi connectivity index (χ4v) is 3.94. The topological polar surface area (TPSA) is 137 Å². The van der Waals surface area contributed by atoms with Crippen LogP contribution >= 0.6 is 0 Å². The van der Waals surface area contributed by atoms with Crippen molar-refractivity contribution in [3.63, 3.8) is 0 Å². The van der Waals surface area contributed by atoms with Crippen molar-refractivity contribution in [3.05, 3.63) is 29.6 Å². The summed E-state index contributed by atoms with van der Waals surface area (Å²) in [5, 5.41) is 17.7. The van der Waals surface area contributed by atoms with Crippen molar-refractivity contribution in [2.75, 3.05) is 53.3 Å². The van der Waals surface area contributed by atoms with Gasteiger partial charge in [-0.05, 0) is 46.1 Å². The molecule has 3 rings (SSSR count). The summed E-state index contributed by atoms with van der Waals surface area (Å²) in [4.78, 5) is 28.9. The lowest BCUT2D eigenvalue weighted by Gasteiger charge is -2.19. The molecule has 1 aromatic carbocycles. The predicted octanol–water partition coefficient (Wildman–Crippen LogP) is 2.86. The highest BCUT2D eigenvalue weighted by molar-refractivity contribution is 6.06. The van der Waals surface area contributed by atoms with Crippen LogP contribution in [0, 0.1) is 0 Å². The van der Waals surface area contributed by atoms with Crippen molar-refractivity contribution >= 4 is 35.0 Å². The van der Waals surface area contributed by atoms with Crippen molar-refractivity contribution in [2.45, 2.75) is 25.8 Å². The number of H-pyrrole nitrogens is 1. The van der Waals surface area contributed by atoms with Gasteiger partial charge >= 0.3 is 0 Å². The highest BCUT2D eigenvalue weighted by Crippen LogP contribution is 2.37. The summed E-state index contributed by atoms with van der Waals surface area (Å²) in [6.45, 7) is 2.95. The van der Waals surface area contributed by atoms with Crippen LogP contribution in [-0.2, 0) is 11.3 Å². The maximum atomic E-state index is 10.6. The van der Waals surface area contributed by atoms with Gasteiger partial charge in [0.15, 0.2) is 17.4 Å². The maximum Gasteiger partial charge on any atom is 0.199 e. The molecule has 2 heterocycles. The molecule has 36 heavy (non-hydrogen) atoms. The van der Waals surface area contributed by atoms with E-state index in [0.717, 1.165) is 44.3 Å². The number of aromatic hydroxyl groups is 1. The molecule has 3 aromatic rings. The first-order valence-electron chi connectivity index (χ1n) is 11.9. The second kappa shape index (κ2) is 13.4. The van der Waals surface area contributed by atoms with E-state index in [1.54, 1.807) is 26.5 Å². The van der Waals surface area contributed by atoms with E-state index < -0.39 is 0 Å². The number of ether oxygens (including phenoxy) is 2. The third-order valence-corrected chi connectivity index (χ3v) is 5.69. The Balaban J connectivity index is 1.92. The number of nitrogens with one attached hydrogen (secondary N) is 3. The van der Waals surface area contributed by atoms with E-state index in [4.69, 9.17) is 9.47 Å². The Bertz CT molecular complexity index is 1180. The number of carbonyl (C=O) groups is 1. The fourth-order valence-electron chi connectivity index (χ4n) is 3.94. The van der Waals surface area contributed by atoms with Gasteiger partial charge in [0.25, 0.3) is 0 Å². The molecule has 0 saturated heterocycles. The zero-order valence-corrected chi connectivity index (χ0v) is 21.3. The second-order valence-electron chi connectivity index (χ2n) is 8.36. The molecular formula is C25H35N7O4. The van der Waals surface area contributed by atoms with Crippen molar-refractivity contribution in [1.82, 2.24) is 25.2 Å². The van der Waals surface area contributed by atoms with Gasteiger partial charge in [0.05, 0.1) is 30.9 Å². The molecule has 2 aromatic heterocycles. The van der Waals surface area contributed by atoms with Gasteiger partial charge in [0.2, 0.25) is 0 Å². The molecule has 11 heteroatoms. The van der Waals surface area contributed by atoms with Crippen LogP contribution in [0.4, 0.5) is 11.5 Å². The van der Waals surface area contributed by atoms with Crippen molar-refractivity contribution in [3.8, 4) is 17.4 Å². The van der Waals surface area contributed by atoms with Crippen molar-refractivity contribution in [2.24, 2.45) is 4.99 Å². The number of hydrogen-bond acceptors (Lipinski definition) is 10. The Morgan fingerprint density at radius 2 is 2.03 bits per heavy atom. The van der Waals surface area contributed by atoms with E-state index in [9.17, 15) is 9.90 Å². The third-order valence-electron chi connectivity index (χ3n) is 5.69. The van der Waals surface area contributed by atoms with E-state index in [-0.39, 0.29) is 5.88 Å². The number of carbonyl (C=O) groups excluding carboxylic acids is 1. The Kier molecular flexibility index (Phi) is 10.0. The molecule has 4 N–H and O–H groups in total. The van der Waals surface area contributed by atoms with Gasteiger partial charge in [-0.2, -0.15) is 0 Å². The van der Waals surface area contributed by atoms with Crippen LogP contribution in [0.3, 0.4) is 0 Å². The molecular weight excluding hydrogens is 462 g/mol. The summed E-state index contributed by atoms with van der Waals surface area (Å²) < 4.78 is 11.2. The summed E-state index contributed by atoms with van der Waals surface area (Å²) in [6.07, 6.45) is 6.20. The number of rotatable bonds is 15. The van der Waals surface area contributed by atoms with Gasteiger partial charge < -0.3 is 39.9 Å². The number of aliphatic imine (C=N–C) groups is 1. The van der Waals surface area contributed by atoms with Gasteiger partial charge in [-0.1, -0.05) is 0 Å². The van der Waals surface area contributed by atoms with E-state index in [2.05, 4.69) is 35.5 Å². The molecule has 11 nitrogen and oxygen atoms in total. The minimum atomic E-state index is -0.0388. The molecule has 0 saturated carbocycles. The van der Waals surface area contributed by atoms with Gasteiger partial charge in [-0.3, -0.25) is 4.99 Å². The summed E-state index contributed by atoms with van der Waals surface area (Å²) >= 11 is 0. The van der Waals surface area contributed by atoms with E-state index >= 15 is 0 Å². The van der Waals surface area contributed by atoms with Crippen LogP contribution < -0.4 is 20.1 Å². The summed E-state index contributed by atoms with van der Waals surface area (Å²) in [5.74, 6) is 1.78. The number of aldehydes is 1. The zero-order valence-electron chi connectivity index (χ0n) is 21.3. The molecule has 0 atom stereocenters. The molecule has 0 radical (unpaired) electrons. The van der Waals surface area contributed by atoms with Crippen LogP contribution in [0.2, 0.25) is 0 Å². The Labute approximate surface area is 211 Å². The van der Waals surface area contributed by atoms with Gasteiger partial charge in [-0.25, -0.2) is 9.97 Å². The van der Waals surface area contributed by atoms with Gasteiger partial charge in [-0.15, -0.1) is 0 Å². The van der Waals surface area contributed by atoms with Crippen LogP contribution in [-0.4, -0.2) is 85.4 Å². The average Bonchev–Trinajstić information content (AvgIpc) is 3.20. The summed E-state index contributed by atoms with van der Waals surface area (Å²) in [5.41, 5.74) is 2.54. The first kappa shape index (κ1) is 26.9. The van der Waals surface area contributed by atoms with Crippen molar-refractivity contribution in [1.29, 1.82) is 0 Å². The number of unbranched alkanes of at least 4 members (excludes halogenated alkanes) is 1. The number of aromatic nitrogens is 3. The van der Waals surface area contributed by atoms with E-state index in [1.165, 1.54) is 6.33 Å². The summed E-state index contributed by atoms with van der Waals surface area (Å²) in [6, 6.07) is 3.71.